The van der Waals surface area contributed by atoms with E-state index >= 15 is 0 Å². The van der Waals surface area contributed by atoms with Crippen molar-refractivity contribution in [3.63, 3.8) is 0 Å². The average Bonchev–Trinajstić information content (AvgIpc) is 2.57. The van der Waals surface area contributed by atoms with Crippen molar-refractivity contribution < 1.29 is 4.79 Å². The minimum absolute atomic E-state index is 0.0619. The molecule has 0 saturated heterocycles. The molecule has 1 amide bonds. The molecular weight excluding hydrogens is 244 g/mol. The maximum absolute atomic E-state index is 11.7. The van der Waals surface area contributed by atoms with Gasteiger partial charge in [0.2, 0.25) is 5.91 Å². The highest BCUT2D eigenvalue weighted by atomic mass is 32.1. The van der Waals surface area contributed by atoms with Crippen molar-refractivity contribution >= 4 is 17.2 Å². The predicted molar refractivity (Wildman–Crippen MR) is 78.0 cm³/mol. The van der Waals surface area contributed by atoms with Crippen molar-refractivity contribution in [3.8, 4) is 0 Å². The van der Waals surface area contributed by atoms with E-state index in [1.807, 2.05) is 13.8 Å². The Bertz CT molecular complexity index is 390. The van der Waals surface area contributed by atoms with Gasteiger partial charge in [-0.2, -0.15) is 0 Å². The first-order chi connectivity index (χ1) is 8.34. The van der Waals surface area contributed by atoms with Gasteiger partial charge in [0.1, 0.15) is 0 Å². The monoisotopic (exact) mass is 268 g/mol. The van der Waals surface area contributed by atoms with Crippen LogP contribution in [-0.4, -0.2) is 18.0 Å². The standard InChI is InChI=1S/C14H24N2OS/c1-6-14(4,5)16-13(17)9-15-8-12-7-10(2)11(3)18-12/h7,15H,6,8-9H2,1-5H3,(H,16,17). The van der Waals surface area contributed by atoms with Crippen molar-refractivity contribution in [2.75, 3.05) is 6.54 Å². The van der Waals surface area contributed by atoms with Crippen LogP contribution in [0.4, 0.5) is 0 Å². The molecule has 1 aromatic heterocycles. The van der Waals surface area contributed by atoms with Crippen LogP contribution in [0.2, 0.25) is 0 Å². The molecule has 1 heterocycles. The van der Waals surface area contributed by atoms with E-state index in [1.165, 1.54) is 15.3 Å². The molecule has 18 heavy (non-hydrogen) atoms. The zero-order valence-electron chi connectivity index (χ0n) is 12.0. The minimum Gasteiger partial charge on any atom is -0.350 e. The number of carbonyl (C=O) groups excluding carboxylic acids is 1. The van der Waals surface area contributed by atoms with Crippen molar-refractivity contribution in [1.82, 2.24) is 10.6 Å². The molecule has 0 unspecified atom stereocenters. The lowest BCUT2D eigenvalue weighted by Crippen LogP contribution is -2.46. The van der Waals surface area contributed by atoms with Crippen LogP contribution >= 0.6 is 11.3 Å². The second-order valence-electron chi connectivity index (χ2n) is 5.34. The fourth-order valence-corrected chi connectivity index (χ4v) is 2.57. The smallest absolute Gasteiger partial charge is 0.234 e. The molecule has 0 aliphatic carbocycles. The third kappa shape index (κ3) is 4.78. The highest BCUT2D eigenvalue weighted by Gasteiger charge is 2.17. The maximum Gasteiger partial charge on any atom is 0.234 e. The molecule has 2 N–H and O–H groups in total. The lowest BCUT2D eigenvalue weighted by Gasteiger charge is -2.24. The van der Waals surface area contributed by atoms with Crippen molar-refractivity contribution in [2.45, 2.75) is 53.1 Å². The number of carbonyl (C=O) groups is 1. The van der Waals surface area contributed by atoms with Crippen molar-refractivity contribution in [1.29, 1.82) is 0 Å². The SMILES string of the molecule is CCC(C)(C)NC(=O)CNCc1cc(C)c(C)s1. The van der Waals surface area contributed by atoms with Gasteiger partial charge < -0.3 is 10.6 Å². The molecule has 0 bridgehead atoms. The van der Waals surface area contributed by atoms with E-state index in [4.69, 9.17) is 0 Å². The number of nitrogens with one attached hydrogen (secondary N) is 2. The van der Waals surface area contributed by atoms with Gasteiger partial charge in [0.05, 0.1) is 6.54 Å². The van der Waals surface area contributed by atoms with Crippen LogP contribution in [0.3, 0.4) is 0 Å². The third-order valence-corrected chi connectivity index (χ3v) is 4.32. The van der Waals surface area contributed by atoms with Crippen LogP contribution in [0.5, 0.6) is 0 Å². The number of hydrogen-bond donors (Lipinski definition) is 2. The number of rotatable bonds is 6. The van der Waals surface area contributed by atoms with Gasteiger partial charge in [0.25, 0.3) is 0 Å². The maximum atomic E-state index is 11.7. The average molecular weight is 268 g/mol. The highest BCUT2D eigenvalue weighted by Crippen LogP contribution is 2.20. The van der Waals surface area contributed by atoms with E-state index in [1.54, 1.807) is 11.3 Å². The Labute approximate surface area is 114 Å². The first-order valence-corrected chi connectivity index (χ1v) is 7.23. The van der Waals surface area contributed by atoms with Crippen LogP contribution in [0, 0.1) is 13.8 Å². The Balaban J connectivity index is 2.32. The summed E-state index contributed by atoms with van der Waals surface area (Å²) in [6.07, 6.45) is 0.933. The van der Waals surface area contributed by atoms with Gasteiger partial charge >= 0.3 is 0 Å². The van der Waals surface area contributed by atoms with E-state index in [-0.39, 0.29) is 11.4 Å². The largest absolute Gasteiger partial charge is 0.350 e. The fourth-order valence-electron chi connectivity index (χ4n) is 1.55. The van der Waals surface area contributed by atoms with E-state index in [9.17, 15) is 4.79 Å². The molecule has 0 atom stereocenters. The van der Waals surface area contributed by atoms with E-state index in [0.717, 1.165) is 13.0 Å². The van der Waals surface area contributed by atoms with Gasteiger partial charge in [0.15, 0.2) is 0 Å². The molecular formula is C14H24N2OS. The summed E-state index contributed by atoms with van der Waals surface area (Å²) in [5, 5.41) is 6.20. The lowest BCUT2D eigenvalue weighted by molar-refractivity contribution is -0.121. The Kier molecular flexibility index (Phi) is 5.35. The van der Waals surface area contributed by atoms with Gasteiger partial charge in [-0.15, -0.1) is 11.3 Å². The summed E-state index contributed by atoms with van der Waals surface area (Å²) in [5.74, 6) is 0.0619. The summed E-state index contributed by atoms with van der Waals surface area (Å²) in [6.45, 7) is 11.5. The van der Waals surface area contributed by atoms with E-state index < -0.39 is 0 Å². The summed E-state index contributed by atoms with van der Waals surface area (Å²) in [7, 11) is 0. The highest BCUT2D eigenvalue weighted by molar-refractivity contribution is 7.12. The summed E-state index contributed by atoms with van der Waals surface area (Å²) in [5.41, 5.74) is 1.21. The lowest BCUT2D eigenvalue weighted by atomic mass is 10.0. The Morgan fingerprint density at radius 1 is 1.39 bits per heavy atom. The van der Waals surface area contributed by atoms with Crippen molar-refractivity contribution in [3.05, 3.63) is 21.4 Å². The number of aryl methyl sites for hydroxylation is 2. The van der Waals surface area contributed by atoms with Crippen LogP contribution in [0.25, 0.3) is 0 Å². The van der Waals surface area contributed by atoms with Crippen LogP contribution in [-0.2, 0) is 11.3 Å². The van der Waals surface area contributed by atoms with Gasteiger partial charge in [-0.3, -0.25) is 4.79 Å². The molecule has 1 aromatic rings. The van der Waals surface area contributed by atoms with Gasteiger partial charge in [-0.05, 0) is 45.7 Å². The Morgan fingerprint density at radius 3 is 2.56 bits per heavy atom. The van der Waals surface area contributed by atoms with Gasteiger partial charge in [-0.1, -0.05) is 6.92 Å². The van der Waals surface area contributed by atoms with Crippen molar-refractivity contribution in [2.24, 2.45) is 0 Å². The zero-order chi connectivity index (χ0) is 13.8. The third-order valence-electron chi connectivity index (χ3n) is 3.16. The van der Waals surface area contributed by atoms with Crippen LogP contribution in [0.15, 0.2) is 6.07 Å². The second-order valence-corrected chi connectivity index (χ2v) is 6.68. The molecule has 0 spiro atoms. The summed E-state index contributed by atoms with van der Waals surface area (Å²) >= 11 is 1.79. The first kappa shape index (κ1) is 15.2. The number of thiophene rings is 1. The van der Waals surface area contributed by atoms with E-state index in [0.29, 0.717) is 6.54 Å². The molecule has 1 rings (SSSR count). The summed E-state index contributed by atoms with van der Waals surface area (Å²) in [6, 6.07) is 2.18. The Morgan fingerprint density at radius 2 is 2.06 bits per heavy atom. The van der Waals surface area contributed by atoms with Gasteiger partial charge in [0, 0.05) is 21.8 Å². The fraction of sp³-hybridized carbons (Fsp3) is 0.643. The van der Waals surface area contributed by atoms with Crippen LogP contribution in [0.1, 0.15) is 42.5 Å². The molecule has 0 aromatic carbocycles. The molecule has 0 fully saturated rings. The minimum atomic E-state index is -0.116. The topological polar surface area (TPSA) is 41.1 Å². The first-order valence-electron chi connectivity index (χ1n) is 6.41. The molecule has 3 nitrogen and oxygen atoms in total. The molecule has 0 aliphatic heterocycles. The molecule has 0 saturated carbocycles. The molecule has 4 heteroatoms. The second kappa shape index (κ2) is 6.34. The van der Waals surface area contributed by atoms with E-state index in [2.05, 4.69) is 37.5 Å². The quantitative estimate of drug-likeness (QED) is 0.833. The molecule has 102 valence electrons. The Hall–Kier alpha value is -0.870. The summed E-state index contributed by atoms with van der Waals surface area (Å²) in [4.78, 5) is 14.3. The summed E-state index contributed by atoms with van der Waals surface area (Å²) < 4.78 is 0. The molecule has 0 aliphatic rings. The van der Waals surface area contributed by atoms with Crippen LogP contribution < -0.4 is 10.6 Å². The normalized spacial score (nSPS) is 11.6. The zero-order valence-corrected chi connectivity index (χ0v) is 12.8. The molecule has 0 radical (unpaired) electrons. The van der Waals surface area contributed by atoms with Gasteiger partial charge in [-0.25, -0.2) is 0 Å². The number of hydrogen-bond acceptors (Lipinski definition) is 3. The number of amides is 1. The predicted octanol–water partition coefficient (Wildman–Crippen LogP) is 2.76.